The lowest BCUT2D eigenvalue weighted by atomic mass is 10.1. The van der Waals surface area contributed by atoms with Crippen molar-refractivity contribution in [2.45, 2.75) is 51.7 Å². The van der Waals surface area contributed by atoms with Crippen LogP contribution in [0.4, 0.5) is 9.18 Å². The molecule has 0 radical (unpaired) electrons. The first kappa shape index (κ1) is 17.7. The first-order valence-corrected chi connectivity index (χ1v) is 8.30. The minimum absolute atomic E-state index is 0.178. The topological polar surface area (TPSA) is 41.6 Å². The van der Waals surface area contributed by atoms with Gasteiger partial charge in [0.25, 0.3) is 0 Å². The van der Waals surface area contributed by atoms with Gasteiger partial charge in [-0.2, -0.15) is 0 Å². The van der Waals surface area contributed by atoms with Crippen molar-refractivity contribution in [1.82, 2.24) is 10.2 Å². The molecule has 0 spiro atoms. The fourth-order valence-corrected chi connectivity index (χ4v) is 2.80. The molecule has 1 aliphatic heterocycles. The van der Waals surface area contributed by atoms with Crippen molar-refractivity contribution in [3.05, 3.63) is 35.6 Å². The van der Waals surface area contributed by atoms with Crippen molar-refractivity contribution in [3.63, 3.8) is 0 Å². The average Bonchev–Trinajstić information content (AvgIpc) is 2.90. The summed E-state index contributed by atoms with van der Waals surface area (Å²) in [6.07, 6.45) is 2.55. The van der Waals surface area contributed by atoms with Crippen LogP contribution in [0.1, 0.15) is 39.2 Å². The van der Waals surface area contributed by atoms with Crippen LogP contribution in [0.5, 0.6) is 0 Å². The molecule has 1 aliphatic rings. The molecule has 1 heterocycles. The summed E-state index contributed by atoms with van der Waals surface area (Å²) in [7, 11) is 0. The molecule has 0 aliphatic carbocycles. The quantitative estimate of drug-likeness (QED) is 0.845. The Morgan fingerprint density at radius 2 is 2.22 bits per heavy atom. The number of likely N-dealkylation sites (tertiary alicyclic amines) is 1. The maximum atomic E-state index is 13.1. The van der Waals surface area contributed by atoms with Gasteiger partial charge in [0.1, 0.15) is 11.4 Å². The largest absolute Gasteiger partial charge is 0.444 e. The van der Waals surface area contributed by atoms with Crippen molar-refractivity contribution >= 4 is 6.09 Å². The molecule has 0 bridgehead atoms. The van der Waals surface area contributed by atoms with Gasteiger partial charge in [-0.15, -0.1) is 0 Å². The molecule has 2 rings (SSSR count). The Bertz CT molecular complexity index is 528. The molecule has 0 saturated carbocycles. The van der Waals surface area contributed by atoms with E-state index in [2.05, 4.69) is 5.32 Å². The molecule has 5 heteroatoms. The molecule has 1 fully saturated rings. The summed E-state index contributed by atoms with van der Waals surface area (Å²) >= 11 is 0. The number of carbonyl (C=O) groups excluding carboxylic acids is 1. The van der Waals surface area contributed by atoms with Crippen LogP contribution < -0.4 is 5.32 Å². The third-order valence-corrected chi connectivity index (χ3v) is 3.86. The Kier molecular flexibility index (Phi) is 5.99. The minimum Gasteiger partial charge on any atom is -0.444 e. The lowest BCUT2D eigenvalue weighted by molar-refractivity contribution is 0.0227. The molecule has 128 valence electrons. The summed E-state index contributed by atoms with van der Waals surface area (Å²) in [6, 6.07) is 6.84. The lowest BCUT2D eigenvalue weighted by Gasteiger charge is -2.28. The molecule has 1 atom stereocenters. The number of nitrogens with zero attached hydrogens (tertiary/aromatic N) is 1. The molecule has 1 unspecified atom stereocenters. The molecule has 4 nitrogen and oxygen atoms in total. The smallest absolute Gasteiger partial charge is 0.410 e. The molecule has 1 aromatic carbocycles. The highest BCUT2D eigenvalue weighted by atomic mass is 19.1. The number of hydrogen-bond acceptors (Lipinski definition) is 3. The van der Waals surface area contributed by atoms with E-state index < -0.39 is 5.60 Å². The maximum absolute atomic E-state index is 13.1. The second kappa shape index (κ2) is 7.77. The highest BCUT2D eigenvalue weighted by Gasteiger charge is 2.31. The van der Waals surface area contributed by atoms with Crippen molar-refractivity contribution in [2.24, 2.45) is 0 Å². The van der Waals surface area contributed by atoms with Gasteiger partial charge in [0, 0.05) is 19.1 Å². The zero-order valence-corrected chi connectivity index (χ0v) is 14.3. The van der Waals surface area contributed by atoms with Crippen LogP contribution in [-0.2, 0) is 11.2 Å². The lowest BCUT2D eigenvalue weighted by Crippen LogP contribution is -2.44. The van der Waals surface area contributed by atoms with Gasteiger partial charge < -0.3 is 15.0 Å². The number of ether oxygens (including phenoxy) is 1. The minimum atomic E-state index is -0.463. The molecule has 1 aromatic rings. The summed E-state index contributed by atoms with van der Waals surface area (Å²) in [5.41, 5.74) is 0.516. The number of hydrogen-bond donors (Lipinski definition) is 1. The van der Waals surface area contributed by atoms with Crippen LogP contribution in [0, 0.1) is 5.82 Å². The van der Waals surface area contributed by atoms with E-state index in [1.165, 1.54) is 6.07 Å². The van der Waals surface area contributed by atoms with E-state index >= 15 is 0 Å². The second-order valence-electron chi connectivity index (χ2n) is 7.05. The average molecular weight is 322 g/mol. The van der Waals surface area contributed by atoms with Gasteiger partial charge in [-0.3, -0.25) is 0 Å². The maximum Gasteiger partial charge on any atom is 0.410 e. The van der Waals surface area contributed by atoms with Crippen LogP contribution >= 0.6 is 0 Å². The van der Waals surface area contributed by atoms with Crippen molar-refractivity contribution in [2.75, 3.05) is 19.6 Å². The van der Waals surface area contributed by atoms with E-state index in [0.717, 1.165) is 44.5 Å². The van der Waals surface area contributed by atoms with Crippen LogP contribution in [0.25, 0.3) is 0 Å². The summed E-state index contributed by atoms with van der Waals surface area (Å²) < 4.78 is 18.6. The van der Waals surface area contributed by atoms with E-state index in [4.69, 9.17) is 4.74 Å². The second-order valence-corrected chi connectivity index (χ2v) is 7.05. The van der Waals surface area contributed by atoms with Gasteiger partial charge in [0.2, 0.25) is 0 Å². The standard InChI is InChI=1S/C18H27FN2O2/c1-18(2,3)23-17(22)21-11-5-8-16(21)13-20-10-9-14-6-4-7-15(19)12-14/h4,6-7,12,16,20H,5,8-11,13H2,1-3H3. The first-order chi connectivity index (χ1) is 10.8. The predicted octanol–water partition coefficient (Wildman–Crippen LogP) is 3.36. The molecule has 0 aromatic heterocycles. The summed E-state index contributed by atoms with van der Waals surface area (Å²) in [5.74, 6) is -0.200. The number of halogens is 1. The highest BCUT2D eigenvalue weighted by Crippen LogP contribution is 2.20. The number of rotatable bonds is 5. The fourth-order valence-electron chi connectivity index (χ4n) is 2.80. The van der Waals surface area contributed by atoms with E-state index in [1.807, 2.05) is 31.7 Å². The van der Waals surface area contributed by atoms with Crippen molar-refractivity contribution in [3.8, 4) is 0 Å². The van der Waals surface area contributed by atoms with Gasteiger partial charge in [0.05, 0.1) is 0 Å². The Morgan fingerprint density at radius 3 is 2.91 bits per heavy atom. The third-order valence-electron chi connectivity index (χ3n) is 3.86. The highest BCUT2D eigenvalue weighted by molar-refractivity contribution is 5.69. The van der Waals surface area contributed by atoms with Gasteiger partial charge in [-0.05, 0) is 64.3 Å². The van der Waals surface area contributed by atoms with Gasteiger partial charge >= 0.3 is 6.09 Å². The monoisotopic (exact) mass is 322 g/mol. The molecular weight excluding hydrogens is 295 g/mol. The normalized spacial score (nSPS) is 18.3. The molecule has 23 heavy (non-hydrogen) atoms. The number of benzene rings is 1. The number of carbonyl (C=O) groups is 1. The van der Waals surface area contributed by atoms with Crippen LogP contribution in [-0.4, -0.2) is 42.3 Å². The third kappa shape index (κ3) is 5.82. The molecule has 1 amide bonds. The fraction of sp³-hybridized carbons (Fsp3) is 0.611. The van der Waals surface area contributed by atoms with E-state index in [1.54, 1.807) is 12.1 Å². The van der Waals surface area contributed by atoms with Gasteiger partial charge in [0.15, 0.2) is 0 Å². The van der Waals surface area contributed by atoms with E-state index in [0.29, 0.717) is 0 Å². The summed E-state index contributed by atoms with van der Waals surface area (Å²) in [4.78, 5) is 14.0. The Labute approximate surface area is 138 Å². The zero-order valence-electron chi connectivity index (χ0n) is 14.3. The van der Waals surface area contributed by atoms with Crippen LogP contribution in [0.3, 0.4) is 0 Å². The van der Waals surface area contributed by atoms with Gasteiger partial charge in [-0.1, -0.05) is 12.1 Å². The Morgan fingerprint density at radius 1 is 1.43 bits per heavy atom. The molecule has 1 saturated heterocycles. The summed E-state index contributed by atoms with van der Waals surface area (Å²) in [5, 5.41) is 3.37. The van der Waals surface area contributed by atoms with E-state index in [9.17, 15) is 9.18 Å². The van der Waals surface area contributed by atoms with Crippen LogP contribution in [0.2, 0.25) is 0 Å². The molecule has 1 N–H and O–H groups in total. The van der Waals surface area contributed by atoms with Crippen LogP contribution in [0.15, 0.2) is 24.3 Å². The van der Waals surface area contributed by atoms with Crippen molar-refractivity contribution < 1.29 is 13.9 Å². The number of nitrogens with one attached hydrogen (secondary N) is 1. The first-order valence-electron chi connectivity index (χ1n) is 8.30. The molecular formula is C18H27FN2O2. The summed E-state index contributed by atoms with van der Waals surface area (Å²) in [6.45, 7) is 7.91. The Balaban J connectivity index is 1.75. The van der Waals surface area contributed by atoms with Crippen molar-refractivity contribution in [1.29, 1.82) is 0 Å². The van der Waals surface area contributed by atoms with Gasteiger partial charge in [-0.25, -0.2) is 9.18 Å². The Hall–Kier alpha value is -1.62. The SMILES string of the molecule is CC(C)(C)OC(=O)N1CCCC1CNCCc1cccc(F)c1. The van der Waals surface area contributed by atoms with E-state index in [-0.39, 0.29) is 18.0 Å². The number of amides is 1. The zero-order chi connectivity index (χ0) is 16.9. The predicted molar refractivity (Wildman–Crippen MR) is 88.9 cm³/mol.